The quantitative estimate of drug-likeness (QED) is 0.414. The standard InChI is InChI=1S/C4H5BrO2/c1-2-3(5)4(6)7/h2-3H,1H2,(H,6,7)/p-1. The van der Waals surface area contributed by atoms with Crippen molar-refractivity contribution < 1.29 is 9.90 Å². The van der Waals surface area contributed by atoms with Gasteiger partial charge in [0.1, 0.15) is 0 Å². The molecule has 0 aliphatic rings. The van der Waals surface area contributed by atoms with E-state index in [1.807, 2.05) is 0 Å². The molecule has 0 saturated heterocycles. The van der Waals surface area contributed by atoms with Gasteiger partial charge < -0.3 is 9.90 Å². The summed E-state index contributed by atoms with van der Waals surface area (Å²) < 4.78 is 0. The molecule has 0 amide bonds. The van der Waals surface area contributed by atoms with Crippen LogP contribution in [0.15, 0.2) is 12.7 Å². The molecule has 0 fully saturated rings. The molecule has 0 aromatic heterocycles. The highest BCUT2D eigenvalue weighted by atomic mass is 79.9. The molecular formula is C4H4BrO2-. The SMILES string of the molecule is C=CC(Br)C(=O)[O-]. The molecule has 0 aliphatic carbocycles. The molecule has 7 heavy (non-hydrogen) atoms. The van der Waals surface area contributed by atoms with E-state index < -0.39 is 10.8 Å². The zero-order valence-corrected chi connectivity index (χ0v) is 5.14. The third kappa shape index (κ3) is 2.39. The Morgan fingerprint density at radius 3 is 2.43 bits per heavy atom. The van der Waals surface area contributed by atoms with Gasteiger partial charge in [0.2, 0.25) is 0 Å². The minimum Gasteiger partial charge on any atom is -0.549 e. The second-order valence-corrected chi connectivity index (χ2v) is 1.94. The minimum atomic E-state index is -1.16. The van der Waals surface area contributed by atoms with Crippen molar-refractivity contribution in [2.24, 2.45) is 0 Å². The third-order valence-electron chi connectivity index (χ3n) is 0.432. The van der Waals surface area contributed by atoms with Crippen molar-refractivity contribution in [1.29, 1.82) is 0 Å². The summed E-state index contributed by atoms with van der Waals surface area (Å²) in [7, 11) is 0. The van der Waals surface area contributed by atoms with Crippen molar-refractivity contribution in [1.82, 2.24) is 0 Å². The Labute approximate surface area is 50.0 Å². The van der Waals surface area contributed by atoms with Gasteiger partial charge in [-0.15, -0.1) is 6.58 Å². The van der Waals surface area contributed by atoms with Gasteiger partial charge in [-0.25, -0.2) is 0 Å². The number of alkyl halides is 1. The molecule has 40 valence electrons. The van der Waals surface area contributed by atoms with Crippen LogP contribution in [0.2, 0.25) is 0 Å². The van der Waals surface area contributed by atoms with Crippen LogP contribution in [-0.4, -0.2) is 10.8 Å². The molecule has 0 spiro atoms. The number of carboxylic acids is 1. The van der Waals surface area contributed by atoms with E-state index in [0.717, 1.165) is 0 Å². The number of aliphatic carboxylic acids is 1. The van der Waals surface area contributed by atoms with E-state index in [0.29, 0.717) is 0 Å². The predicted octanol–water partition coefficient (Wildman–Crippen LogP) is -0.314. The highest BCUT2D eigenvalue weighted by molar-refractivity contribution is 9.10. The van der Waals surface area contributed by atoms with Crippen LogP contribution < -0.4 is 5.11 Å². The van der Waals surface area contributed by atoms with Gasteiger partial charge in [0.05, 0.1) is 10.8 Å². The summed E-state index contributed by atoms with van der Waals surface area (Å²) in [6.07, 6.45) is 1.25. The molecule has 0 radical (unpaired) electrons. The number of rotatable bonds is 2. The monoisotopic (exact) mass is 163 g/mol. The van der Waals surface area contributed by atoms with Crippen LogP contribution in [0.1, 0.15) is 0 Å². The second kappa shape index (κ2) is 2.80. The van der Waals surface area contributed by atoms with Gasteiger partial charge >= 0.3 is 0 Å². The van der Waals surface area contributed by atoms with Gasteiger partial charge in [0, 0.05) is 0 Å². The fourth-order valence-corrected chi connectivity index (χ4v) is 0.0962. The summed E-state index contributed by atoms with van der Waals surface area (Å²) >= 11 is 2.76. The van der Waals surface area contributed by atoms with Gasteiger partial charge in [-0.05, 0) is 0 Å². The summed E-state index contributed by atoms with van der Waals surface area (Å²) in [4.78, 5) is 8.99. The average Bonchev–Trinajstić information content (AvgIpc) is 1.65. The maximum atomic E-state index is 9.70. The maximum absolute atomic E-state index is 9.70. The Morgan fingerprint density at radius 1 is 2.00 bits per heavy atom. The van der Waals surface area contributed by atoms with Crippen molar-refractivity contribution in [2.45, 2.75) is 4.83 Å². The summed E-state index contributed by atoms with van der Waals surface area (Å²) in [5, 5.41) is 9.70. The summed E-state index contributed by atoms with van der Waals surface area (Å²) in [5.41, 5.74) is 0. The Kier molecular flexibility index (Phi) is 2.67. The smallest absolute Gasteiger partial charge is 0.0718 e. The van der Waals surface area contributed by atoms with Crippen molar-refractivity contribution in [3.63, 3.8) is 0 Å². The molecule has 0 aliphatic heterocycles. The first-order valence-electron chi connectivity index (χ1n) is 1.66. The number of carbonyl (C=O) groups excluding carboxylic acids is 1. The largest absolute Gasteiger partial charge is 0.549 e. The first kappa shape index (κ1) is 6.69. The minimum absolute atomic E-state index is 0.715. The number of carboxylic acid groups (broad SMARTS) is 1. The fourth-order valence-electron chi connectivity index (χ4n) is 0.0962. The number of hydrogen-bond acceptors (Lipinski definition) is 2. The average molecular weight is 164 g/mol. The van der Waals surface area contributed by atoms with Crippen LogP contribution in [0.3, 0.4) is 0 Å². The van der Waals surface area contributed by atoms with Crippen LogP contribution in [0.25, 0.3) is 0 Å². The number of hydrogen-bond donors (Lipinski definition) is 0. The molecule has 1 atom stereocenters. The molecule has 0 aromatic carbocycles. The van der Waals surface area contributed by atoms with E-state index in [4.69, 9.17) is 0 Å². The molecular weight excluding hydrogens is 160 g/mol. The van der Waals surface area contributed by atoms with Gasteiger partial charge in [0.15, 0.2) is 0 Å². The van der Waals surface area contributed by atoms with E-state index in [1.54, 1.807) is 0 Å². The number of carbonyl (C=O) groups is 1. The second-order valence-electron chi connectivity index (χ2n) is 0.957. The lowest BCUT2D eigenvalue weighted by molar-refractivity contribution is -0.303. The van der Waals surface area contributed by atoms with Gasteiger partial charge in [-0.2, -0.15) is 0 Å². The summed E-state index contributed by atoms with van der Waals surface area (Å²) in [6, 6.07) is 0. The van der Waals surface area contributed by atoms with E-state index >= 15 is 0 Å². The third-order valence-corrected chi connectivity index (χ3v) is 1.18. The van der Waals surface area contributed by atoms with E-state index in [-0.39, 0.29) is 0 Å². The van der Waals surface area contributed by atoms with Crippen LogP contribution in [0.5, 0.6) is 0 Å². The first-order chi connectivity index (χ1) is 3.18. The molecule has 0 N–H and O–H groups in total. The molecule has 0 aromatic rings. The lowest BCUT2D eigenvalue weighted by Crippen LogP contribution is -2.30. The topological polar surface area (TPSA) is 40.1 Å². The van der Waals surface area contributed by atoms with E-state index in [2.05, 4.69) is 22.5 Å². The zero-order valence-electron chi connectivity index (χ0n) is 3.56. The molecule has 0 saturated carbocycles. The Balaban J connectivity index is 3.55. The highest BCUT2D eigenvalue weighted by Crippen LogP contribution is 1.95. The normalized spacial score (nSPS) is 12.7. The van der Waals surface area contributed by atoms with Crippen molar-refractivity contribution in [3.8, 4) is 0 Å². The zero-order chi connectivity index (χ0) is 5.86. The summed E-state index contributed by atoms with van der Waals surface area (Å²) in [5.74, 6) is -1.16. The van der Waals surface area contributed by atoms with Gasteiger partial charge in [-0.1, -0.05) is 22.0 Å². The molecule has 1 unspecified atom stereocenters. The summed E-state index contributed by atoms with van der Waals surface area (Å²) in [6.45, 7) is 3.21. The maximum Gasteiger partial charge on any atom is 0.0718 e. The van der Waals surface area contributed by atoms with Crippen LogP contribution in [0.4, 0.5) is 0 Å². The van der Waals surface area contributed by atoms with Crippen LogP contribution in [0, 0.1) is 0 Å². The molecule has 0 rings (SSSR count). The Hall–Kier alpha value is -0.310. The molecule has 2 nitrogen and oxygen atoms in total. The van der Waals surface area contributed by atoms with Crippen LogP contribution >= 0.6 is 15.9 Å². The Bertz CT molecular complexity index is 89.7. The van der Waals surface area contributed by atoms with Crippen LogP contribution in [-0.2, 0) is 4.79 Å². The fraction of sp³-hybridized carbons (Fsp3) is 0.250. The van der Waals surface area contributed by atoms with E-state index in [1.165, 1.54) is 6.08 Å². The lowest BCUT2D eigenvalue weighted by atomic mass is 10.4. The van der Waals surface area contributed by atoms with Gasteiger partial charge in [0.25, 0.3) is 0 Å². The lowest BCUT2D eigenvalue weighted by Gasteiger charge is -2.01. The Morgan fingerprint density at radius 2 is 2.43 bits per heavy atom. The van der Waals surface area contributed by atoms with Crippen molar-refractivity contribution >= 4 is 21.9 Å². The molecule has 3 heteroatoms. The van der Waals surface area contributed by atoms with Gasteiger partial charge in [-0.3, -0.25) is 0 Å². The van der Waals surface area contributed by atoms with Crippen molar-refractivity contribution in [3.05, 3.63) is 12.7 Å². The molecule has 0 bridgehead atoms. The first-order valence-corrected chi connectivity index (χ1v) is 2.57. The number of halogens is 1. The highest BCUT2D eigenvalue weighted by Gasteiger charge is 1.93. The molecule has 0 heterocycles. The predicted molar refractivity (Wildman–Crippen MR) is 27.9 cm³/mol. The van der Waals surface area contributed by atoms with E-state index in [9.17, 15) is 9.90 Å². The van der Waals surface area contributed by atoms with Crippen molar-refractivity contribution in [2.75, 3.05) is 0 Å².